The number of rotatable bonds is 4. The van der Waals surface area contributed by atoms with Gasteiger partial charge in [-0.1, -0.05) is 18.2 Å². The first-order valence-corrected chi connectivity index (χ1v) is 8.71. The van der Waals surface area contributed by atoms with Crippen molar-refractivity contribution >= 4 is 9.84 Å². The monoisotopic (exact) mass is 324 g/mol. The van der Waals surface area contributed by atoms with E-state index in [2.05, 4.69) is 10.1 Å². The number of sulfone groups is 1. The van der Waals surface area contributed by atoms with Crippen LogP contribution in [-0.4, -0.2) is 47.1 Å². The highest BCUT2D eigenvalue weighted by Crippen LogP contribution is 2.23. The van der Waals surface area contributed by atoms with Gasteiger partial charge < -0.3 is 0 Å². The Morgan fingerprint density at radius 3 is 2.91 bits per heavy atom. The van der Waals surface area contributed by atoms with Crippen LogP contribution in [0.1, 0.15) is 11.4 Å². The number of aromatic nitrogens is 3. The third kappa shape index (κ3) is 3.02. The minimum absolute atomic E-state index is 0.0707. The average Bonchev–Trinajstić information content (AvgIpc) is 2.87. The maximum atomic E-state index is 12.5. The van der Waals surface area contributed by atoms with Gasteiger partial charge in [0.2, 0.25) is 0 Å². The summed E-state index contributed by atoms with van der Waals surface area (Å²) in [5, 5.41) is 3.99. The summed E-state index contributed by atoms with van der Waals surface area (Å²) in [6.07, 6.45) is 1.40. The number of hydrogen-bond acceptors (Lipinski definition) is 5. The van der Waals surface area contributed by atoms with E-state index in [-0.39, 0.29) is 12.3 Å². The second kappa shape index (κ2) is 6.13. The standard InChI is InChI=1S/C14H17FN4O2S/c15-5-6-19-14(16-11-17-19)10-18-7-8-22(20,21)13-4-2-1-3-12(13)9-18/h1-4,11H,5-10H2. The first-order valence-electron chi connectivity index (χ1n) is 7.06. The molecule has 0 N–H and O–H groups in total. The third-order valence-electron chi connectivity index (χ3n) is 3.73. The van der Waals surface area contributed by atoms with Gasteiger partial charge in [-0.3, -0.25) is 4.90 Å². The fourth-order valence-electron chi connectivity index (χ4n) is 2.63. The topological polar surface area (TPSA) is 68.1 Å². The van der Waals surface area contributed by atoms with E-state index in [9.17, 15) is 12.8 Å². The van der Waals surface area contributed by atoms with Crippen LogP contribution in [0.3, 0.4) is 0 Å². The Kier molecular flexibility index (Phi) is 4.21. The highest BCUT2D eigenvalue weighted by atomic mass is 32.2. The highest BCUT2D eigenvalue weighted by Gasteiger charge is 2.25. The molecule has 0 amide bonds. The Hall–Kier alpha value is -1.80. The maximum absolute atomic E-state index is 12.5. The second-order valence-corrected chi connectivity index (χ2v) is 7.30. The molecule has 1 aromatic carbocycles. The first kappa shape index (κ1) is 15.1. The zero-order valence-corrected chi connectivity index (χ0v) is 12.8. The van der Waals surface area contributed by atoms with E-state index in [0.29, 0.717) is 30.4 Å². The highest BCUT2D eigenvalue weighted by molar-refractivity contribution is 7.91. The van der Waals surface area contributed by atoms with E-state index in [4.69, 9.17) is 0 Å². The minimum Gasteiger partial charge on any atom is -0.291 e. The zero-order valence-electron chi connectivity index (χ0n) is 12.0. The fourth-order valence-corrected chi connectivity index (χ4v) is 4.17. The number of alkyl halides is 1. The van der Waals surface area contributed by atoms with Gasteiger partial charge in [0, 0.05) is 13.1 Å². The smallest absolute Gasteiger partial charge is 0.179 e. The number of halogens is 1. The zero-order chi connectivity index (χ0) is 15.6. The summed E-state index contributed by atoms with van der Waals surface area (Å²) < 4.78 is 38.6. The average molecular weight is 324 g/mol. The van der Waals surface area contributed by atoms with Gasteiger partial charge in [0.25, 0.3) is 0 Å². The van der Waals surface area contributed by atoms with Crippen molar-refractivity contribution in [1.82, 2.24) is 19.7 Å². The second-order valence-electron chi connectivity index (χ2n) is 5.23. The number of fused-ring (bicyclic) bond motifs is 1. The predicted octanol–water partition coefficient (Wildman–Crippen LogP) is 1.04. The molecule has 2 heterocycles. The molecular formula is C14H17FN4O2S. The fraction of sp³-hybridized carbons (Fsp3) is 0.429. The minimum atomic E-state index is -3.26. The molecule has 0 saturated carbocycles. The molecule has 0 aliphatic carbocycles. The van der Waals surface area contributed by atoms with E-state index >= 15 is 0 Å². The van der Waals surface area contributed by atoms with Gasteiger partial charge in [0.05, 0.1) is 23.7 Å². The molecule has 0 radical (unpaired) electrons. The van der Waals surface area contributed by atoms with Crippen molar-refractivity contribution < 1.29 is 12.8 Å². The van der Waals surface area contributed by atoms with Gasteiger partial charge in [-0.25, -0.2) is 22.5 Å². The Labute approximate surface area is 128 Å². The molecule has 22 heavy (non-hydrogen) atoms. The van der Waals surface area contributed by atoms with Crippen molar-refractivity contribution in [2.75, 3.05) is 19.0 Å². The van der Waals surface area contributed by atoms with Gasteiger partial charge in [-0.15, -0.1) is 0 Å². The van der Waals surface area contributed by atoms with Crippen LogP contribution in [0.25, 0.3) is 0 Å². The van der Waals surface area contributed by atoms with Crippen LogP contribution >= 0.6 is 0 Å². The van der Waals surface area contributed by atoms with Crippen molar-refractivity contribution in [3.63, 3.8) is 0 Å². The van der Waals surface area contributed by atoms with Gasteiger partial charge in [-0.2, -0.15) is 5.10 Å². The lowest BCUT2D eigenvalue weighted by molar-refractivity contribution is 0.258. The quantitative estimate of drug-likeness (QED) is 0.840. The number of nitrogens with zero attached hydrogens (tertiary/aromatic N) is 4. The summed E-state index contributed by atoms with van der Waals surface area (Å²) >= 11 is 0. The molecule has 6 nitrogen and oxygen atoms in total. The number of aryl methyl sites for hydroxylation is 1. The first-order chi connectivity index (χ1) is 10.6. The molecule has 1 aliphatic rings. The Morgan fingerprint density at radius 2 is 2.09 bits per heavy atom. The van der Waals surface area contributed by atoms with E-state index in [1.54, 1.807) is 12.1 Å². The molecule has 3 rings (SSSR count). The van der Waals surface area contributed by atoms with Gasteiger partial charge in [-0.05, 0) is 11.6 Å². The molecule has 0 atom stereocenters. The summed E-state index contributed by atoms with van der Waals surface area (Å²) in [5.41, 5.74) is 0.788. The molecule has 0 bridgehead atoms. The number of hydrogen-bond donors (Lipinski definition) is 0. The third-order valence-corrected chi connectivity index (χ3v) is 5.52. The van der Waals surface area contributed by atoms with Crippen LogP contribution in [0.2, 0.25) is 0 Å². The van der Waals surface area contributed by atoms with Crippen LogP contribution in [0.4, 0.5) is 4.39 Å². The van der Waals surface area contributed by atoms with E-state index in [1.807, 2.05) is 17.0 Å². The molecule has 0 saturated heterocycles. The normalized spacial score (nSPS) is 17.9. The molecule has 2 aromatic rings. The summed E-state index contributed by atoms with van der Waals surface area (Å²) in [5.74, 6) is 0.718. The Balaban J connectivity index is 1.84. The largest absolute Gasteiger partial charge is 0.291 e. The van der Waals surface area contributed by atoms with Crippen molar-refractivity contribution in [2.45, 2.75) is 24.5 Å². The molecule has 0 unspecified atom stereocenters. The lowest BCUT2D eigenvalue weighted by atomic mass is 10.2. The Bertz CT molecular complexity index is 760. The van der Waals surface area contributed by atoms with Crippen LogP contribution < -0.4 is 0 Å². The predicted molar refractivity (Wildman–Crippen MR) is 78.6 cm³/mol. The summed E-state index contributed by atoms with van der Waals surface area (Å²) in [4.78, 5) is 6.55. The van der Waals surface area contributed by atoms with E-state index in [1.165, 1.54) is 11.0 Å². The van der Waals surface area contributed by atoms with Gasteiger partial charge in [0.15, 0.2) is 9.84 Å². The van der Waals surface area contributed by atoms with Crippen molar-refractivity contribution in [3.8, 4) is 0 Å². The van der Waals surface area contributed by atoms with Crippen LogP contribution in [0.15, 0.2) is 35.5 Å². The molecule has 0 fully saturated rings. The van der Waals surface area contributed by atoms with Gasteiger partial charge >= 0.3 is 0 Å². The molecule has 0 spiro atoms. The van der Waals surface area contributed by atoms with Gasteiger partial charge in [0.1, 0.15) is 18.8 Å². The summed E-state index contributed by atoms with van der Waals surface area (Å²) in [6, 6.07) is 7.06. The van der Waals surface area contributed by atoms with Crippen LogP contribution in [0.5, 0.6) is 0 Å². The maximum Gasteiger partial charge on any atom is 0.179 e. The molecular weight excluding hydrogens is 307 g/mol. The molecule has 8 heteroatoms. The van der Waals surface area contributed by atoms with Crippen LogP contribution in [0, 0.1) is 0 Å². The lowest BCUT2D eigenvalue weighted by Gasteiger charge is -2.19. The van der Waals surface area contributed by atoms with Crippen LogP contribution in [-0.2, 0) is 29.5 Å². The summed E-state index contributed by atoms with van der Waals surface area (Å²) in [6.45, 7) is 1.05. The molecule has 1 aromatic heterocycles. The van der Waals surface area contributed by atoms with Crippen molar-refractivity contribution in [3.05, 3.63) is 42.0 Å². The number of benzene rings is 1. The molecule has 118 valence electrons. The van der Waals surface area contributed by atoms with Crippen molar-refractivity contribution in [1.29, 1.82) is 0 Å². The van der Waals surface area contributed by atoms with E-state index < -0.39 is 16.5 Å². The molecule has 1 aliphatic heterocycles. The SMILES string of the molecule is O=S1(=O)CCN(Cc2ncnn2CCF)Cc2ccccc21. The van der Waals surface area contributed by atoms with E-state index in [0.717, 1.165) is 5.56 Å². The lowest BCUT2D eigenvalue weighted by Crippen LogP contribution is -2.27. The Morgan fingerprint density at radius 1 is 1.27 bits per heavy atom. The van der Waals surface area contributed by atoms with Crippen molar-refractivity contribution in [2.24, 2.45) is 0 Å². The summed E-state index contributed by atoms with van der Waals surface area (Å²) in [7, 11) is -3.26.